The summed E-state index contributed by atoms with van der Waals surface area (Å²) in [6.07, 6.45) is 6.30. The van der Waals surface area contributed by atoms with Crippen LogP contribution in [0.15, 0.2) is 18.3 Å². The Morgan fingerprint density at radius 2 is 2.39 bits per heavy atom. The van der Waals surface area contributed by atoms with E-state index < -0.39 is 0 Å². The number of rotatable bonds is 6. The topological polar surface area (TPSA) is 62.4 Å². The Bertz CT molecular complexity index is 370. The molecule has 2 heterocycles. The maximum Gasteiger partial charge on any atom is 0.0584 e. The summed E-state index contributed by atoms with van der Waals surface area (Å²) in [6.45, 7) is 2.89. The van der Waals surface area contributed by atoms with E-state index in [9.17, 15) is 0 Å². The molecule has 0 aliphatic carbocycles. The highest BCUT2D eigenvalue weighted by Gasteiger charge is 2.24. The third-order valence-electron chi connectivity index (χ3n) is 3.75. The Morgan fingerprint density at radius 3 is 3.17 bits per heavy atom. The van der Waals surface area contributed by atoms with Crippen LogP contribution in [0.25, 0.3) is 0 Å². The maximum absolute atomic E-state index is 8.94. The summed E-state index contributed by atoms with van der Waals surface area (Å²) in [5.74, 6) is 0. The first-order chi connectivity index (χ1) is 8.85. The lowest BCUT2D eigenvalue weighted by molar-refractivity contribution is 0.209. The van der Waals surface area contributed by atoms with Crippen molar-refractivity contribution in [3.8, 4) is 0 Å². The second-order valence-corrected chi connectivity index (χ2v) is 4.95. The SMILES string of the molecule is NCc1ncccc1CN1CCCC1CCCO. The molecule has 1 fully saturated rings. The van der Waals surface area contributed by atoms with Gasteiger partial charge in [-0.1, -0.05) is 6.07 Å². The minimum Gasteiger partial charge on any atom is -0.396 e. The summed E-state index contributed by atoms with van der Waals surface area (Å²) >= 11 is 0. The number of hydrogen-bond donors (Lipinski definition) is 2. The molecule has 0 saturated carbocycles. The molecule has 0 spiro atoms. The van der Waals surface area contributed by atoms with E-state index in [1.165, 1.54) is 18.4 Å². The minimum absolute atomic E-state index is 0.297. The van der Waals surface area contributed by atoms with Gasteiger partial charge in [0.05, 0.1) is 5.69 Å². The van der Waals surface area contributed by atoms with Crippen molar-refractivity contribution in [1.29, 1.82) is 0 Å². The van der Waals surface area contributed by atoms with Gasteiger partial charge in [-0.05, 0) is 43.9 Å². The molecule has 1 aliphatic rings. The van der Waals surface area contributed by atoms with E-state index in [0.717, 1.165) is 31.6 Å². The van der Waals surface area contributed by atoms with E-state index in [-0.39, 0.29) is 0 Å². The van der Waals surface area contributed by atoms with Crippen molar-refractivity contribution < 1.29 is 5.11 Å². The fourth-order valence-electron chi connectivity index (χ4n) is 2.77. The van der Waals surface area contributed by atoms with Crippen LogP contribution in [-0.2, 0) is 13.1 Å². The van der Waals surface area contributed by atoms with E-state index in [2.05, 4.69) is 16.0 Å². The summed E-state index contributed by atoms with van der Waals surface area (Å²) in [7, 11) is 0. The highest BCUT2D eigenvalue weighted by molar-refractivity contribution is 5.19. The lowest BCUT2D eigenvalue weighted by Gasteiger charge is -2.25. The quantitative estimate of drug-likeness (QED) is 0.797. The average molecular weight is 249 g/mol. The molecule has 0 radical (unpaired) electrons. The Morgan fingerprint density at radius 1 is 1.50 bits per heavy atom. The van der Waals surface area contributed by atoms with Gasteiger partial charge >= 0.3 is 0 Å². The van der Waals surface area contributed by atoms with Crippen LogP contribution in [0, 0.1) is 0 Å². The van der Waals surface area contributed by atoms with Gasteiger partial charge in [-0.15, -0.1) is 0 Å². The van der Waals surface area contributed by atoms with Gasteiger partial charge in [0.2, 0.25) is 0 Å². The fraction of sp³-hybridized carbons (Fsp3) is 0.643. The zero-order valence-corrected chi connectivity index (χ0v) is 10.9. The predicted octanol–water partition coefficient (Wildman–Crippen LogP) is 1.28. The lowest BCUT2D eigenvalue weighted by Crippen LogP contribution is -2.29. The third-order valence-corrected chi connectivity index (χ3v) is 3.75. The molecular weight excluding hydrogens is 226 g/mol. The molecule has 3 N–H and O–H groups in total. The normalized spacial score (nSPS) is 20.4. The summed E-state index contributed by atoms with van der Waals surface area (Å²) in [5, 5.41) is 8.94. The first kappa shape index (κ1) is 13.5. The number of aliphatic hydroxyl groups excluding tert-OH is 1. The van der Waals surface area contributed by atoms with Crippen LogP contribution >= 0.6 is 0 Å². The average Bonchev–Trinajstić information content (AvgIpc) is 2.84. The highest BCUT2D eigenvalue weighted by atomic mass is 16.2. The number of nitrogens with zero attached hydrogens (tertiary/aromatic N) is 2. The molecule has 1 aromatic heterocycles. The number of aliphatic hydroxyl groups is 1. The van der Waals surface area contributed by atoms with Gasteiger partial charge in [-0.25, -0.2) is 0 Å². The maximum atomic E-state index is 8.94. The molecule has 18 heavy (non-hydrogen) atoms. The van der Waals surface area contributed by atoms with Crippen molar-refractivity contribution in [2.24, 2.45) is 5.73 Å². The molecule has 2 rings (SSSR count). The van der Waals surface area contributed by atoms with Crippen LogP contribution in [0.2, 0.25) is 0 Å². The van der Waals surface area contributed by atoms with Crippen LogP contribution in [0.1, 0.15) is 36.9 Å². The summed E-state index contributed by atoms with van der Waals surface area (Å²) in [6, 6.07) is 4.71. The Balaban J connectivity index is 1.99. The molecule has 1 aliphatic heterocycles. The molecule has 1 saturated heterocycles. The van der Waals surface area contributed by atoms with Gasteiger partial charge in [0.25, 0.3) is 0 Å². The van der Waals surface area contributed by atoms with Gasteiger partial charge in [-0.3, -0.25) is 9.88 Å². The number of aromatic nitrogens is 1. The zero-order chi connectivity index (χ0) is 12.8. The number of hydrogen-bond acceptors (Lipinski definition) is 4. The molecule has 1 atom stereocenters. The second-order valence-electron chi connectivity index (χ2n) is 4.95. The van der Waals surface area contributed by atoms with Gasteiger partial charge in [0, 0.05) is 31.9 Å². The van der Waals surface area contributed by atoms with E-state index in [1.807, 2.05) is 6.07 Å². The molecule has 4 nitrogen and oxygen atoms in total. The predicted molar refractivity (Wildman–Crippen MR) is 71.9 cm³/mol. The standard InChI is InChI=1S/C14H23N3O/c15-10-14-12(4-1-7-16-14)11-17-8-2-5-13(17)6-3-9-18/h1,4,7,13,18H,2-3,5-6,8-11,15H2. The smallest absolute Gasteiger partial charge is 0.0584 e. The van der Waals surface area contributed by atoms with Gasteiger partial charge in [0.1, 0.15) is 0 Å². The van der Waals surface area contributed by atoms with Crippen molar-refractivity contribution in [3.63, 3.8) is 0 Å². The minimum atomic E-state index is 0.297. The molecule has 0 aromatic carbocycles. The van der Waals surface area contributed by atoms with Crippen molar-refractivity contribution in [2.75, 3.05) is 13.2 Å². The summed E-state index contributed by atoms with van der Waals surface area (Å²) in [5.41, 5.74) is 7.98. The first-order valence-corrected chi connectivity index (χ1v) is 6.83. The molecule has 1 aromatic rings. The van der Waals surface area contributed by atoms with Gasteiger partial charge < -0.3 is 10.8 Å². The van der Waals surface area contributed by atoms with Crippen LogP contribution in [0.3, 0.4) is 0 Å². The van der Waals surface area contributed by atoms with Crippen molar-refractivity contribution in [1.82, 2.24) is 9.88 Å². The number of pyridine rings is 1. The molecule has 0 amide bonds. The molecule has 4 heteroatoms. The molecular formula is C14H23N3O. The third kappa shape index (κ3) is 3.28. The van der Waals surface area contributed by atoms with Crippen LogP contribution in [0.4, 0.5) is 0 Å². The van der Waals surface area contributed by atoms with Gasteiger partial charge in [-0.2, -0.15) is 0 Å². The molecule has 100 valence electrons. The zero-order valence-electron chi connectivity index (χ0n) is 10.9. The van der Waals surface area contributed by atoms with E-state index in [4.69, 9.17) is 10.8 Å². The largest absolute Gasteiger partial charge is 0.396 e. The summed E-state index contributed by atoms with van der Waals surface area (Å²) in [4.78, 5) is 6.84. The monoisotopic (exact) mass is 249 g/mol. The lowest BCUT2D eigenvalue weighted by atomic mass is 10.1. The van der Waals surface area contributed by atoms with Crippen LogP contribution < -0.4 is 5.73 Å². The molecule has 0 bridgehead atoms. The molecule has 1 unspecified atom stereocenters. The Labute approximate surface area is 109 Å². The first-order valence-electron chi connectivity index (χ1n) is 6.83. The number of nitrogens with two attached hydrogens (primary N) is 1. The van der Waals surface area contributed by atoms with E-state index >= 15 is 0 Å². The van der Waals surface area contributed by atoms with E-state index in [1.54, 1.807) is 6.20 Å². The van der Waals surface area contributed by atoms with Crippen molar-refractivity contribution >= 4 is 0 Å². The Kier molecular flexibility index (Phi) is 5.11. The second kappa shape index (κ2) is 6.83. The van der Waals surface area contributed by atoms with Crippen molar-refractivity contribution in [2.45, 2.75) is 44.8 Å². The number of likely N-dealkylation sites (tertiary alicyclic amines) is 1. The van der Waals surface area contributed by atoms with E-state index in [0.29, 0.717) is 19.2 Å². The summed E-state index contributed by atoms with van der Waals surface area (Å²) < 4.78 is 0. The van der Waals surface area contributed by atoms with Gasteiger partial charge in [0.15, 0.2) is 0 Å². The Hall–Kier alpha value is -0.970. The van der Waals surface area contributed by atoms with Crippen LogP contribution in [0.5, 0.6) is 0 Å². The van der Waals surface area contributed by atoms with Crippen molar-refractivity contribution in [3.05, 3.63) is 29.6 Å². The fourth-order valence-corrected chi connectivity index (χ4v) is 2.77. The van der Waals surface area contributed by atoms with Crippen LogP contribution in [-0.4, -0.2) is 34.2 Å². The highest BCUT2D eigenvalue weighted by Crippen LogP contribution is 2.24.